The first-order valence-electron chi connectivity index (χ1n) is 7.19. The minimum absolute atomic E-state index is 0.0503. The molecule has 24 heavy (non-hydrogen) atoms. The van der Waals surface area contributed by atoms with Crippen molar-refractivity contribution in [3.63, 3.8) is 0 Å². The first-order valence-corrected chi connectivity index (χ1v) is 7.57. The number of benzene rings is 1. The van der Waals surface area contributed by atoms with Crippen LogP contribution in [-0.2, 0) is 7.05 Å². The predicted molar refractivity (Wildman–Crippen MR) is 89.6 cm³/mol. The number of anilines is 1. The summed E-state index contributed by atoms with van der Waals surface area (Å²) in [6.07, 6.45) is 0. The minimum Gasteiger partial charge on any atom is -0.318 e. The van der Waals surface area contributed by atoms with E-state index >= 15 is 0 Å². The number of aryl methyl sites for hydroxylation is 2. The highest BCUT2D eigenvalue weighted by molar-refractivity contribution is 6.30. The number of amides is 1. The van der Waals surface area contributed by atoms with Crippen LogP contribution in [0.25, 0.3) is 11.3 Å². The van der Waals surface area contributed by atoms with Crippen LogP contribution in [0.3, 0.4) is 0 Å². The molecule has 0 aliphatic carbocycles. The number of H-pyrrole nitrogens is 1. The maximum atomic E-state index is 13.8. The summed E-state index contributed by atoms with van der Waals surface area (Å²) in [6, 6.07) is 5.65. The van der Waals surface area contributed by atoms with Gasteiger partial charge >= 0.3 is 0 Å². The summed E-state index contributed by atoms with van der Waals surface area (Å²) in [7, 11) is 1.84. The fourth-order valence-corrected chi connectivity index (χ4v) is 2.65. The Morgan fingerprint density at radius 3 is 2.71 bits per heavy atom. The third-order valence-corrected chi connectivity index (χ3v) is 4.00. The Morgan fingerprint density at radius 2 is 2.08 bits per heavy atom. The molecule has 8 heteroatoms. The van der Waals surface area contributed by atoms with Gasteiger partial charge in [0.1, 0.15) is 11.5 Å². The molecule has 6 nitrogen and oxygen atoms in total. The lowest BCUT2D eigenvalue weighted by Gasteiger charge is -2.04. The zero-order chi connectivity index (χ0) is 17.4. The molecule has 3 rings (SSSR count). The Morgan fingerprint density at radius 1 is 1.33 bits per heavy atom. The first-order chi connectivity index (χ1) is 11.4. The van der Waals surface area contributed by atoms with Gasteiger partial charge in [0.25, 0.3) is 5.91 Å². The normalized spacial score (nSPS) is 10.9. The zero-order valence-electron chi connectivity index (χ0n) is 13.3. The van der Waals surface area contributed by atoms with Crippen molar-refractivity contribution in [2.24, 2.45) is 7.05 Å². The Labute approximate surface area is 142 Å². The molecule has 3 aromatic rings. The van der Waals surface area contributed by atoms with Gasteiger partial charge < -0.3 is 5.32 Å². The predicted octanol–water partition coefficient (Wildman–Crippen LogP) is 3.47. The van der Waals surface area contributed by atoms with Gasteiger partial charge in [-0.3, -0.25) is 14.6 Å². The van der Waals surface area contributed by atoms with Gasteiger partial charge in [0.2, 0.25) is 0 Å². The van der Waals surface area contributed by atoms with Crippen LogP contribution in [0.1, 0.15) is 21.9 Å². The molecular weight excluding hydrogens is 333 g/mol. The lowest BCUT2D eigenvalue weighted by atomic mass is 10.1. The molecule has 1 amide bonds. The number of rotatable bonds is 3. The molecule has 2 heterocycles. The summed E-state index contributed by atoms with van der Waals surface area (Å²) in [5.41, 5.74) is 3.51. The molecule has 0 aliphatic rings. The quantitative estimate of drug-likeness (QED) is 0.761. The van der Waals surface area contributed by atoms with Crippen LogP contribution >= 0.6 is 11.6 Å². The van der Waals surface area contributed by atoms with Gasteiger partial charge in [-0.05, 0) is 38.1 Å². The first kappa shape index (κ1) is 16.2. The molecule has 0 saturated carbocycles. The van der Waals surface area contributed by atoms with Crippen molar-refractivity contribution in [3.8, 4) is 11.3 Å². The van der Waals surface area contributed by atoms with Gasteiger partial charge in [-0.25, -0.2) is 4.39 Å². The summed E-state index contributed by atoms with van der Waals surface area (Å²) >= 11 is 5.70. The Bertz CT molecular complexity index is 931. The van der Waals surface area contributed by atoms with Crippen molar-refractivity contribution >= 4 is 23.2 Å². The molecule has 1 aromatic carbocycles. The molecule has 0 saturated heterocycles. The largest absolute Gasteiger partial charge is 0.318 e. The average Bonchev–Trinajstić information content (AvgIpc) is 3.08. The lowest BCUT2D eigenvalue weighted by molar-refractivity contribution is 0.102. The van der Waals surface area contributed by atoms with E-state index in [0.29, 0.717) is 5.69 Å². The third-order valence-electron chi connectivity index (χ3n) is 3.77. The van der Waals surface area contributed by atoms with Crippen LogP contribution in [0.5, 0.6) is 0 Å². The van der Waals surface area contributed by atoms with Crippen LogP contribution in [0.15, 0.2) is 24.3 Å². The van der Waals surface area contributed by atoms with Gasteiger partial charge in [-0.2, -0.15) is 10.2 Å². The summed E-state index contributed by atoms with van der Waals surface area (Å²) in [4.78, 5) is 12.3. The van der Waals surface area contributed by atoms with Gasteiger partial charge in [0.15, 0.2) is 0 Å². The van der Waals surface area contributed by atoms with Crippen molar-refractivity contribution in [2.45, 2.75) is 13.8 Å². The summed E-state index contributed by atoms with van der Waals surface area (Å²) < 4.78 is 15.5. The molecule has 2 N–H and O–H groups in total. The van der Waals surface area contributed by atoms with E-state index < -0.39 is 11.7 Å². The third kappa shape index (κ3) is 2.90. The second-order valence-corrected chi connectivity index (χ2v) is 5.85. The van der Waals surface area contributed by atoms with E-state index in [1.165, 1.54) is 12.1 Å². The van der Waals surface area contributed by atoms with E-state index in [1.54, 1.807) is 10.7 Å². The number of aromatic amines is 1. The van der Waals surface area contributed by atoms with Crippen LogP contribution in [0.4, 0.5) is 10.1 Å². The highest BCUT2D eigenvalue weighted by atomic mass is 35.5. The topological polar surface area (TPSA) is 75.6 Å². The van der Waals surface area contributed by atoms with Crippen molar-refractivity contribution in [1.82, 2.24) is 20.0 Å². The zero-order valence-corrected chi connectivity index (χ0v) is 14.1. The van der Waals surface area contributed by atoms with Crippen molar-refractivity contribution < 1.29 is 9.18 Å². The van der Waals surface area contributed by atoms with Crippen LogP contribution in [-0.4, -0.2) is 25.9 Å². The minimum atomic E-state index is -0.602. The van der Waals surface area contributed by atoms with Crippen LogP contribution < -0.4 is 5.32 Å². The maximum Gasteiger partial charge on any atom is 0.273 e. The van der Waals surface area contributed by atoms with Gasteiger partial charge in [-0.15, -0.1) is 0 Å². The van der Waals surface area contributed by atoms with Crippen LogP contribution in [0.2, 0.25) is 5.02 Å². The monoisotopic (exact) mass is 347 g/mol. The molecule has 0 atom stereocenters. The molecule has 0 bridgehead atoms. The second-order valence-electron chi connectivity index (χ2n) is 5.41. The van der Waals surface area contributed by atoms with Crippen molar-refractivity contribution in [2.75, 3.05) is 5.32 Å². The van der Waals surface area contributed by atoms with Crippen molar-refractivity contribution in [1.29, 1.82) is 0 Å². The van der Waals surface area contributed by atoms with Crippen molar-refractivity contribution in [3.05, 3.63) is 52.2 Å². The Kier molecular flexibility index (Phi) is 4.11. The maximum absolute atomic E-state index is 13.8. The molecule has 0 fully saturated rings. The number of nitrogens with one attached hydrogen (secondary N) is 2. The van der Waals surface area contributed by atoms with E-state index in [2.05, 4.69) is 20.6 Å². The number of aromatic nitrogens is 4. The number of halogens is 2. The second kappa shape index (κ2) is 6.09. The molecule has 2 aromatic heterocycles. The number of carbonyl (C=O) groups is 1. The van der Waals surface area contributed by atoms with E-state index in [-0.39, 0.29) is 16.4 Å². The SMILES string of the molecule is Cc1nn(C)c(C)c1-c1cc(C(=O)Nc2ccc(Cl)cc2F)[nH]n1. The fraction of sp³-hybridized carbons (Fsp3) is 0.188. The molecule has 0 radical (unpaired) electrons. The van der Waals surface area contributed by atoms with Gasteiger partial charge in [0.05, 0.1) is 17.1 Å². The number of nitrogens with zero attached hydrogens (tertiary/aromatic N) is 3. The van der Waals surface area contributed by atoms with E-state index in [1.807, 2.05) is 20.9 Å². The standard InChI is InChI=1S/C16H15ClFN5O/c1-8-15(9(2)23(3)22-8)13-7-14(21-20-13)16(24)19-12-5-4-10(17)6-11(12)18/h4-7H,1-3H3,(H,19,24)(H,20,21). The highest BCUT2D eigenvalue weighted by Gasteiger charge is 2.18. The Hall–Kier alpha value is -2.67. The van der Waals surface area contributed by atoms with Gasteiger partial charge in [0, 0.05) is 23.3 Å². The molecular formula is C16H15ClFN5O. The molecule has 0 aliphatic heterocycles. The lowest BCUT2D eigenvalue weighted by Crippen LogP contribution is -2.13. The highest BCUT2D eigenvalue weighted by Crippen LogP contribution is 2.25. The van der Waals surface area contributed by atoms with Crippen LogP contribution in [0, 0.1) is 19.7 Å². The summed E-state index contributed by atoms with van der Waals surface area (Å²) in [6.45, 7) is 3.80. The number of hydrogen-bond donors (Lipinski definition) is 2. The van der Waals surface area contributed by atoms with E-state index in [4.69, 9.17) is 11.6 Å². The fourth-order valence-electron chi connectivity index (χ4n) is 2.49. The summed E-state index contributed by atoms with van der Waals surface area (Å²) in [5.74, 6) is -1.09. The summed E-state index contributed by atoms with van der Waals surface area (Å²) in [5, 5.41) is 13.9. The van der Waals surface area contributed by atoms with Gasteiger partial charge in [-0.1, -0.05) is 11.6 Å². The molecule has 0 spiro atoms. The molecule has 0 unspecified atom stereocenters. The average molecular weight is 348 g/mol. The van der Waals surface area contributed by atoms with E-state index in [9.17, 15) is 9.18 Å². The molecule has 124 valence electrons. The smallest absolute Gasteiger partial charge is 0.273 e. The number of hydrogen-bond acceptors (Lipinski definition) is 3. The Balaban J connectivity index is 1.86. The number of carbonyl (C=O) groups excluding carboxylic acids is 1. The van der Waals surface area contributed by atoms with E-state index in [0.717, 1.165) is 23.0 Å².